The molecule has 1 aromatic carbocycles. The molecule has 12 nitrogen and oxygen atoms in total. The molecule has 35 heavy (non-hydrogen) atoms. The van der Waals surface area contributed by atoms with Crippen molar-refractivity contribution in [3.05, 3.63) is 47.0 Å². The highest BCUT2D eigenvalue weighted by molar-refractivity contribution is 6.02. The monoisotopic (exact) mass is 483 g/mol. The number of hydrogen-bond donors (Lipinski definition) is 3. The Hall–Kier alpha value is -3.61. The Morgan fingerprint density at radius 1 is 1.20 bits per heavy atom. The zero-order chi connectivity index (χ0) is 24.4. The van der Waals surface area contributed by atoms with E-state index in [0.717, 1.165) is 5.56 Å². The van der Waals surface area contributed by atoms with Gasteiger partial charge in [0.25, 0.3) is 11.8 Å². The summed E-state index contributed by atoms with van der Waals surface area (Å²) in [5.74, 6) is 0.424. The normalized spacial score (nSPS) is 23.4. The number of nitrogens with zero attached hydrogens (tertiary/aromatic N) is 3. The number of benzene rings is 1. The Bertz CT molecular complexity index is 1160. The molecule has 3 aliphatic rings. The lowest BCUT2D eigenvalue weighted by molar-refractivity contribution is -0.178. The number of fused-ring (bicyclic) bond motifs is 1. The fraction of sp³-hybridized carbons (Fsp3) is 0.435. The van der Waals surface area contributed by atoms with Crippen LogP contribution < -0.4 is 15.4 Å². The second-order valence-electron chi connectivity index (χ2n) is 8.43. The van der Waals surface area contributed by atoms with Crippen LogP contribution >= 0.6 is 0 Å². The molecule has 3 atom stereocenters. The molecule has 0 bridgehead atoms. The molecular weight excluding hydrogens is 458 g/mol. The second kappa shape index (κ2) is 9.94. The van der Waals surface area contributed by atoms with Crippen LogP contribution in [0.4, 0.5) is 5.69 Å². The van der Waals surface area contributed by atoms with Gasteiger partial charge in [0.1, 0.15) is 35.2 Å². The summed E-state index contributed by atoms with van der Waals surface area (Å²) in [5.41, 5.74) is 2.66. The van der Waals surface area contributed by atoms with Crippen LogP contribution in [0.3, 0.4) is 0 Å². The van der Waals surface area contributed by atoms with Gasteiger partial charge in [-0.25, -0.2) is 9.97 Å². The van der Waals surface area contributed by atoms with E-state index in [0.29, 0.717) is 41.7 Å². The van der Waals surface area contributed by atoms with Crippen LogP contribution in [0.15, 0.2) is 29.4 Å². The number of ether oxygens (including phenoxy) is 3. The lowest BCUT2D eigenvalue weighted by atomic mass is 10.0. The average Bonchev–Trinajstić information content (AvgIpc) is 3.37. The lowest BCUT2D eigenvalue weighted by Crippen LogP contribution is -2.43. The molecule has 3 unspecified atom stereocenters. The van der Waals surface area contributed by atoms with E-state index in [2.05, 4.69) is 25.8 Å². The zero-order valence-corrected chi connectivity index (χ0v) is 19.0. The quantitative estimate of drug-likeness (QED) is 0.527. The van der Waals surface area contributed by atoms with Gasteiger partial charge in [0.05, 0.1) is 31.2 Å². The number of hydrogen-bond acceptors (Lipinski definition) is 10. The van der Waals surface area contributed by atoms with Crippen LogP contribution in [0.5, 0.6) is 5.75 Å². The number of nitrogens with one attached hydrogen (secondary N) is 2. The molecule has 1 aromatic heterocycles. The summed E-state index contributed by atoms with van der Waals surface area (Å²) >= 11 is 0. The minimum atomic E-state index is -0.370. The molecule has 3 N–H and O–H groups in total. The van der Waals surface area contributed by atoms with Crippen LogP contribution in [-0.4, -0.2) is 77.3 Å². The molecule has 1 saturated heterocycles. The Balaban J connectivity index is 1.21. The predicted octanol–water partition coefficient (Wildman–Crippen LogP) is 0.315. The number of rotatable bonds is 6. The third-order valence-electron chi connectivity index (χ3n) is 5.80. The molecule has 12 heteroatoms. The number of amides is 2. The molecule has 0 spiro atoms. The van der Waals surface area contributed by atoms with E-state index in [9.17, 15) is 9.59 Å². The number of aliphatic hydroxyl groups is 1. The van der Waals surface area contributed by atoms with E-state index >= 15 is 0 Å². The minimum Gasteiger partial charge on any atom is -0.482 e. The fourth-order valence-electron chi connectivity index (χ4n) is 3.97. The first-order valence-electron chi connectivity index (χ1n) is 11.2. The molecule has 3 aliphatic heterocycles. The van der Waals surface area contributed by atoms with Gasteiger partial charge in [0.2, 0.25) is 0 Å². The van der Waals surface area contributed by atoms with Gasteiger partial charge >= 0.3 is 0 Å². The minimum absolute atomic E-state index is 0.0127. The Kier molecular flexibility index (Phi) is 6.57. The zero-order valence-electron chi connectivity index (χ0n) is 19.0. The number of aryl methyl sites for hydroxylation is 1. The average molecular weight is 483 g/mol. The highest BCUT2D eigenvalue weighted by Crippen LogP contribution is 2.28. The van der Waals surface area contributed by atoms with Gasteiger partial charge in [-0.3, -0.25) is 9.59 Å². The topological polar surface area (TPSA) is 153 Å². The summed E-state index contributed by atoms with van der Waals surface area (Å²) in [6, 6.07) is 6.91. The molecule has 0 aliphatic carbocycles. The highest BCUT2D eigenvalue weighted by Gasteiger charge is 2.35. The third-order valence-corrected chi connectivity index (χ3v) is 5.80. The maximum atomic E-state index is 12.8. The van der Waals surface area contributed by atoms with Gasteiger partial charge < -0.3 is 34.8 Å². The number of carbonyl (C=O) groups is 2. The molecule has 0 radical (unpaired) electrons. The largest absolute Gasteiger partial charge is 0.482 e. The van der Waals surface area contributed by atoms with Crippen LogP contribution in [0.25, 0.3) is 0 Å². The summed E-state index contributed by atoms with van der Waals surface area (Å²) in [5, 5.41) is 18.9. The van der Waals surface area contributed by atoms with E-state index in [1.807, 2.05) is 6.07 Å². The molecule has 2 amide bonds. The van der Waals surface area contributed by atoms with Gasteiger partial charge in [0, 0.05) is 13.0 Å². The van der Waals surface area contributed by atoms with Crippen molar-refractivity contribution >= 4 is 23.2 Å². The maximum Gasteiger partial charge on any atom is 0.270 e. The van der Waals surface area contributed by atoms with Gasteiger partial charge in [-0.15, -0.1) is 0 Å². The van der Waals surface area contributed by atoms with E-state index in [4.69, 9.17) is 24.2 Å². The van der Waals surface area contributed by atoms with Crippen molar-refractivity contribution in [2.45, 2.75) is 38.2 Å². The van der Waals surface area contributed by atoms with Crippen molar-refractivity contribution in [2.24, 2.45) is 5.16 Å². The first-order chi connectivity index (χ1) is 17.0. The van der Waals surface area contributed by atoms with Crippen molar-refractivity contribution < 1.29 is 33.7 Å². The third kappa shape index (κ3) is 5.24. The van der Waals surface area contributed by atoms with Crippen LogP contribution in [-0.2, 0) is 25.7 Å². The number of carbonyl (C=O) groups excluding carboxylic acids is 2. The Morgan fingerprint density at radius 2 is 2.09 bits per heavy atom. The van der Waals surface area contributed by atoms with Gasteiger partial charge in [-0.1, -0.05) is 11.2 Å². The molecule has 4 heterocycles. The number of aliphatic hydroxyl groups excluding tert-OH is 1. The maximum absolute atomic E-state index is 12.8. The molecule has 1 fully saturated rings. The first-order valence-corrected chi connectivity index (χ1v) is 11.2. The van der Waals surface area contributed by atoms with E-state index in [-0.39, 0.29) is 62.2 Å². The van der Waals surface area contributed by atoms with E-state index in [1.165, 1.54) is 0 Å². The summed E-state index contributed by atoms with van der Waals surface area (Å²) < 4.78 is 16.6. The smallest absolute Gasteiger partial charge is 0.270 e. The number of anilines is 1. The first kappa shape index (κ1) is 23.1. The van der Waals surface area contributed by atoms with Gasteiger partial charge in [-0.05, 0) is 30.7 Å². The van der Waals surface area contributed by atoms with Crippen molar-refractivity contribution in [3.8, 4) is 5.75 Å². The highest BCUT2D eigenvalue weighted by atomic mass is 16.7. The van der Waals surface area contributed by atoms with Crippen molar-refractivity contribution in [2.75, 3.05) is 31.7 Å². The number of aromatic nitrogens is 2. The van der Waals surface area contributed by atoms with Crippen LogP contribution in [0.2, 0.25) is 0 Å². The SMILES string of the molecule is Cc1nc(C(=O)NCc2ccc3c(c2)NC(=O)CO3)cc(C2=NOC(C3COC(CO)CO3)C2)n1. The lowest BCUT2D eigenvalue weighted by Gasteiger charge is -2.30. The van der Waals surface area contributed by atoms with Crippen molar-refractivity contribution in [3.63, 3.8) is 0 Å². The summed E-state index contributed by atoms with van der Waals surface area (Å²) in [4.78, 5) is 38.6. The van der Waals surface area contributed by atoms with E-state index < -0.39 is 0 Å². The summed E-state index contributed by atoms with van der Waals surface area (Å²) in [7, 11) is 0. The van der Waals surface area contributed by atoms with E-state index in [1.54, 1.807) is 25.1 Å². The number of oxime groups is 1. The standard InChI is InChI=1S/C23H25N5O7/c1-12-25-15(16-6-20(35-28-16)21-10-32-14(8-29)9-33-21)5-18(26-12)23(31)24-7-13-2-3-19-17(4-13)27-22(30)11-34-19/h2-5,14,20-21,29H,6-11H2,1H3,(H,24,31)(H,27,30). The Morgan fingerprint density at radius 3 is 2.89 bits per heavy atom. The molecule has 184 valence electrons. The molecular formula is C23H25N5O7. The molecule has 0 saturated carbocycles. The summed E-state index contributed by atoms with van der Waals surface area (Å²) in [6.07, 6.45) is -0.535. The predicted molar refractivity (Wildman–Crippen MR) is 121 cm³/mol. The van der Waals surface area contributed by atoms with Gasteiger partial charge in [-0.2, -0.15) is 0 Å². The molecule has 5 rings (SSSR count). The Labute approximate surface area is 200 Å². The van der Waals surface area contributed by atoms with Crippen LogP contribution in [0, 0.1) is 6.92 Å². The van der Waals surface area contributed by atoms with Crippen LogP contribution in [0.1, 0.15) is 34.0 Å². The van der Waals surface area contributed by atoms with Crippen molar-refractivity contribution in [1.29, 1.82) is 0 Å². The van der Waals surface area contributed by atoms with Gasteiger partial charge in [0.15, 0.2) is 12.7 Å². The second-order valence-corrected chi connectivity index (χ2v) is 8.43. The van der Waals surface area contributed by atoms with Crippen molar-refractivity contribution in [1.82, 2.24) is 15.3 Å². The fourth-order valence-corrected chi connectivity index (χ4v) is 3.97. The molecule has 2 aromatic rings. The summed E-state index contributed by atoms with van der Waals surface area (Å²) in [6.45, 7) is 2.42.